The van der Waals surface area contributed by atoms with Crippen LogP contribution in [0.4, 0.5) is 0 Å². The summed E-state index contributed by atoms with van der Waals surface area (Å²) in [7, 11) is 0. The Kier molecular flexibility index (Phi) is 6.48. The maximum absolute atomic E-state index is 12.8. The van der Waals surface area contributed by atoms with Crippen molar-refractivity contribution in [1.82, 2.24) is 10.2 Å². The van der Waals surface area contributed by atoms with Crippen LogP contribution in [0.15, 0.2) is 54.6 Å². The van der Waals surface area contributed by atoms with Gasteiger partial charge in [0.2, 0.25) is 5.91 Å². The van der Waals surface area contributed by atoms with E-state index in [1.165, 1.54) is 0 Å². The first-order chi connectivity index (χ1) is 13.1. The van der Waals surface area contributed by atoms with Crippen LogP contribution in [0.25, 0.3) is 0 Å². The van der Waals surface area contributed by atoms with Gasteiger partial charge in [0.1, 0.15) is 0 Å². The largest absolute Gasteiger partial charge is 0.345 e. The third kappa shape index (κ3) is 4.87. The molecule has 3 rings (SSSR count). The molecule has 0 bridgehead atoms. The molecular formula is C21H24ClN3O2. The molecule has 27 heavy (non-hydrogen) atoms. The zero-order valence-corrected chi connectivity index (χ0v) is 15.9. The second-order valence-corrected chi connectivity index (χ2v) is 7.26. The van der Waals surface area contributed by atoms with Gasteiger partial charge in [-0.2, -0.15) is 0 Å². The lowest BCUT2D eigenvalue weighted by Gasteiger charge is -2.23. The van der Waals surface area contributed by atoms with Crippen LogP contribution in [0.2, 0.25) is 5.02 Å². The third-order valence-electron chi connectivity index (χ3n) is 4.98. The van der Waals surface area contributed by atoms with Gasteiger partial charge in [0.05, 0.1) is 23.0 Å². The highest BCUT2D eigenvalue weighted by Gasteiger charge is 2.28. The number of hydrogen-bond acceptors (Lipinski definition) is 3. The number of halogens is 1. The summed E-state index contributed by atoms with van der Waals surface area (Å²) >= 11 is 6.14. The lowest BCUT2D eigenvalue weighted by atomic mass is 10.0. The van der Waals surface area contributed by atoms with Crippen LogP contribution < -0.4 is 11.1 Å². The molecule has 6 heteroatoms. The number of amides is 2. The molecule has 0 aliphatic carbocycles. The first-order valence-electron chi connectivity index (χ1n) is 9.16. The first-order valence-corrected chi connectivity index (χ1v) is 9.54. The van der Waals surface area contributed by atoms with Gasteiger partial charge in [-0.25, -0.2) is 0 Å². The van der Waals surface area contributed by atoms with Crippen molar-refractivity contribution in [3.05, 3.63) is 70.7 Å². The number of nitrogens with zero attached hydrogens (tertiary/aromatic N) is 1. The Morgan fingerprint density at radius 2 is 1.85 bits per heavy atom. The van der Waals surface area contributed by atoms with Crippen LogP contribution in [-0.4, -0.2) is 36.3 Å². The van der Waals surface area contributed by atoms with E-state index in [1.54, 1.807) is 24.3 Å². The number of benzene rings is 2. The highest BCUT2D eigenvalue weighted by atomic mass is 35.5. The minimum atomic E-state index is -0.417. The van der Waals surface area contributed by atoms with Crippen LogP contribution in [-0.2, 0) is 4.79 Å². The van der Waals surface area contributed by atoms with E-state index >= 15 is 0 Å². The fraction of sp³-hybridized carbons (Fsp3) is 0.333. The van der Waals surface area contributed by atoms with Gasteiger partial charge in [-0.3, -0.25) is 9.59 Å². The number of likely N-dealkylation sites (tertiary alicyclic amines) is 1. The highest BCUT2D eigenvalue weighted by Crippen LogP contribution is 2.23. The Morgan fingerprint density at radius 1 is 1.15 bits per heavy atom. The molecule has 142 valence electrons. The van der Waals surface area contributed by atoms with Crippen molar-refractivity contribution in [2.45, 2.75) is 18.9 Å². The molecule has 1 heterocycles. The van der Waals surface area contributed by atoms with E-state index in [1.807, 2.05) is 35.2 Å². The van der Waals surface area contributed by atoms with Crippen LogP contribution in [0.5, 0.6) is 0 Å². The summed E-state index contributed by atoms with van der Waals surface area (Å²) < 4.78 is 0. The Bertz CT molecular complexity index is 797. The topological polar surface area (TPSA) is 75.4 Å². The summed E-state index contributed by atoms with van der Waals surface area (Å²) in [5.74, 6) is 0.101. The number of nitrogens with one attached hydrogen (secondary N) is 1. The zero-order chi connectivity index (χ0) is 19.2. The summed E-state index contributed by atoms with van der Waals surface area (Å²) in [5.41, 5.74) is 7.02. The number of rotatable bonds is 6. The molecule has 2 aromatic carbocycles. The Labute approximate surface area is 164 Å². The fourth-order valence-electron chi connectivity index (χ4n) is 3.37. The molecule has 1 fully saturated rings. The van der Waals surface area contributed by atoms with Gasteiger partial charge in [0.25, 0.3) is 5.91 Å². The molecule has 0 spiro atoms. The molecule has 5 nitrogen and oxygen atoms in total. The lowest BCUT2D eigenvalue weighted by Crippen LogP contribution is -2.36. The van der Waals surface area contributed by atoms with Gasteiger partial charge in [-0.15, -0.1) is 0 Å². The molecule has 2 amide bonds. The molecule has 1 aliphatic rings. The second kappa shape index (κ2) is 9.02. The molecule has 1 saturated heterocycles. The number of nitrogens with two attached hydrogens (primary N) is 1. The maximum atomic E-state index is 12.8. The number of hydrogen-bond donors (Lipinski definition) is 2. The molecule has 3 N–H and O–H groups in total. The van der Waals surface area contributed by atoms with E-state index in [-0.39, 0.29) is 18.2 Å². The van der Waals surface area contributed by atoms with Gasteiger partial charge in [0, 0.05) is 13.1 Å². The number of carbonyl (C=O) groups is 2. The van der Waals surface area contributed by atoms with Gasteiger partial charge in [0.15, 0.2) is 0 Å². The van der Waals surface area contributed by atoms with Crippen LogP contribution >= 0.6 is 11.6 Å². The fourth-order valence-corrected chi connectivity index (χ4v) is 3.60. The first kappa shape index (κ1) is 19.4. The summed E-state index contributed by atoms with van der Waals surface area (Å²) in [6.45, 7) is 2.01. The van der Waals surface area contributed by atoms with E-state index in [0.717, 1.165) is 18.5 Å². The third-order valence-corrected chi connectivity index (χ3v) is 5.31. The summed E-state index contributed by atoms with van der Waals surface area (Å²) in [5, 5.41) is 3.36. The van der Waals surface area contributed by atoms with E-state index in [2.05, 4.69) is 5.32 Å². The molecule has 0 radical (unpaired) electrons. The average molecular weight is 386 g/mol. The minimum Gasteiger partial charge on any atom is -0.345 e. The van der Waals surface area contributed by atoms with Gasteiger partial charge in [-0.05, 0) is 36.6 Å². The van der Waals surface area contributed by atoms with Crippen molar-refractivity contribution in [3.63, 3.8) is 0 Å². The molecule has 0 aromatic heterocycles. The summed E-state index contributed by atoms with van der Waals surface area (Å²) in [6, 6.07) is 16.0. The zero-order valence-electron chi connectivity index (χ0n) is 15.1. The summed E-state index contributed by atoms with van der Waals surface area (Å²) in [6.07, 6.45) is 1.14. The Hall–Kier alpha value is -2.37. The van der Waals surface area contributed by atoms with E-state index in [9.17, 15) is 9.59 Å². The SMILES string of the molecule is NCC1CCN(C(=O)CC(NC(=O)c2ccccc2Cl)c2ccccc2)C1. The molecule has 2 aromatic rings. The molecule has 1 aliphatic heterocycles. The van der Waals surface area contributed by atoms with Gasteiger partial charge in [-0.1, -0.05) is 54.1 Å². The Morgan fingerprint density at radius 3 is 2.52 bits per heavy atom. The molecular weight excluding hydrogens is 362 g/mol. The average Bonchev–Trinajstić information content (AvgIpc) is 3.18. The van der Waals surface area contributed by atoms with E-state index < -0.39 is 6.04 Å². The van der Waals surface area contributed by atoms with Crippen LogP contribution in [0.1, 0.15) is 34.8 Å². The lowest BCUT2D eigenvalue weighted by molar-refractivity contribution is -0.130. The highest BCUT2D eigenvalue weighted by molar-refractivity contribution is 6.33. The van der Waals surface area contributed by atoms with Crippen molar-refractivity contribution in [1.29, 1.82) is 0 Å². The van der Waals surface area contributed by atoms with Crippen LogP contribution in [0, 0.1) is 5.92 Å². The quantitative estimate of drug-likeness (QED) is 0.802. The Balaban J connectivity index is 1.75. The van der Waals surface area contributed by atoms with Crippen molar-refractivity contribution in [3.8, 4) is 0 Å². The van der Waals surface area contributed by atoms with Gasteiger partial charge < -0.3 is 16.0 Å². The molecule has 0 saturated carbocycles. The van der Waals surface area contributed by atoms with Crippen molar-refractivity contribution in [2.24, 2.45) is 11.7 Å². The summed E-state index contributed by atoms with van der Waals surface area (Å²) in [4.78, 5) is 27.3. The van der Waals surface area contributed by atoms with Crippen molar-refractivity contribution < 1.29 is 9.59 Å². The van der Waals surface area contributed by atoms with Crippen molar-refractivity contribution in [2.75, 3.05) is 19.6 Å². The number of carbonyl (C=O) groups excluding carboxylic acids is 2. The van der Waals surface area contributed by atoms with E-state index in [4.69, 9.17) is 17.3 Å². The monoisotopic (exact) mass is 385 g/mol. The van der Waals surface area contributed by atoms with Gasteiger partial charge >= 0.3 is 0 Å². The smallest absolute Gasteiger partial charge is 0.253 e. The second-order valence-electron chi connectivity index (χ2n) is 6.85. The predicted octanol–water partition coefficient (Wildman–Crippen LogP) is 3.01. The normalized spacial score (nSPS) is 17.6. The maximum Gasteiger partial charge on any atom is 0.253 e. The minimum absolute atomic E-state index is 0.0271. The van der Waals surface area contributed by atoms with Crippen LogP contribution in [0.3, 0.4) is 0 Å². The van der Waals surface area contributed by atoms with E-state index in [0.29, 0.717) is 29.6 Å². The molecule has 2 atom stereocenters. The molecule has 2 unspecified atom stereocenters. The standard InChI is InChI=1S/C21H24ClN3O2/c22-18-9-5-4-8-17(18)21(27)24-19(16-6-2-1-3-7-16)12-20(26)25-11-10-15(13-23)14-25/h1-9,15,19H,10-14,23H2,(H,24,27). The predicted molar refractivity (Wildman–Crippen MR) is 106 cm³/mol. The van der Waals surface area contributed by atoms with Crippen molar-refractivity contribution >= 4 is 23.4 Å².